The number of rotatable bonds is 5. The lowest BCUT2D eigenvalue weighted by Crippen LogP contribution is -2.25. The standard InChI is InChI=1S/C9H15NO2/c1-8(11-2)5-10-6-9-3-4-12-7-9/h3-4,7-8,10H,5-6H2,1-2H3. The normalized spacial score (nSPS) is 13.2. The summed E-state index contributed by atoms with van der Waals surface area (Å²) in [5.74, 6) is 0. The van der Waals surface area contributed by atoms with Gasteiger partial charge in [-0.3, -0.25) is 0 Å². The first-order valence-corrected chi connectivity index (χ1v) is 4.07. The molecule has 3 nitrogen and oxygen atoms in total. The first-order valence-electron chi connectivity index (χ1n) is 4.07. The Bertz CT molecular complexity index is 196. The van der Waals surface area contributed by atoms with E-state index in [9.17, 15) is 0 Å². The third-order valence-corrected chi connectivity index (χ3v) is 1.74. The fourth-order valence-electron chi connectivity index (χ4n) is 0.896. The molecule has 0 aliphatic heterocycles. The first-order chi connectivity index (χ1) is 5.83. The van der Waals surface area contributed by atoms with Crippen molar-refractivity contribution in [3.63, 3.8) is 0 Å². The Morgan fingerprint density at radius 2 is 2.50 bits per heavy atom. The predicted molar refractivity (Wildman–Crippen MR) is 46.9 cm³/mol. The summed E-state index contributed by atoms with van der Waals surface area (Å²) in [6.07, 6.45) is 3.68. The minimum Gasteiger partial charge on any atom is -0.472 e. The van der Waals surface area contributed by atoms with E-state index < -0.39 is 0 Å². The number of hydrogen-bond acceptors (Lipinski definition) is 3. The second-order valence-corrected chi connectivity index (χ2v) is 2.81. The lowest BCUT2D eigenvalue weighted by molar-refractivity contribution is 0.117. The molecule has 1 heterocycles. The van der Waals surface area contributed by atoms with E-state index in [1.165, 1.54) is 5.56 Å². The molecule has 0 aliphatic rings. The molecule has 1 aromatic rings. The van der Waals surface area contributed by atoms with Crippen LogP contribution in [0, 0.1) is 0 Å². The highest BCUT2D eigenvalue weighted by Crippen LogP contribution is 1.98. The van der Waals surface area contributed by atoms with Crippen molar-refractivity contribution in [3.8, 4) is 0 Å². The van der Waals surface area contributed by atoms with Crippen LogP contribution in [0.25, 0.3) is 0 Å². The number of methoxy groups -OCH3 is 1. The summed E-state index contributed by atoms with van der Waals surface area (Å²) < 4.78 is 10.0. The molecule has 0 bridgehead atoms. The van der Waals surface area contributed by atoms with Crippen molar-refractivity contribution < 1.29 is 9.15 Å². The molecule has 0 amide bonds. The van der Waals surface area contributed by atoms with E-state index in [4.69, 9.17) is 9.15 Å². The van der Waals surface area contributed by atoms with Gasteiger partial charge < -0.3 is 14.5 Å². The third-order valence-electron chi connectivity index (χ3n) is 1.74. The van der Waals surface area contributed by atoms with Crippen LogP contribution in [-0.4, -0.2) is 19.8 Å². The van der Waals surface area contributed by atoms with Gasteiger partial charge in [0.15, 0.2) is 0 Å². The Morgan fingerprint density at radius 3 is 3.08 bits per heavy atom. The van der Waals surface area contributed by atoms with Gasteiger partial charge in [-0.05, 0) is 13.0 Å². The van der Waals surface area contributed by atoms with Gasteiger partial charge in [0, 0.05) is 25.8 Å². The number of ether oxygens (including phenoxy) is 1. The molecular formula is C9H15NO2. The minimum absolute atomic E-state index is 0.261. The first kappa shape index (κ1) is 9.29. The Hall–Kier alpha value is -0.800. The Balaban J connectivity index is 2.11. The molecule has 3 heteroatoms. The van der Waals surface area contributed by atoms with Crippen molar-refractivity contribution in [2.24, 2.45) is 0 Å². The molecule has 0 aliphatic carbocycles. The topological polar surface area (TPSA) is 34.4 Å². The molecule has 0 saturated carbocycles. The van der Waals surface area contributed by atoms with Crippen molar-refractivity contribution in [1.29, 1.82) is 0 Å². The van der Waals surface area contributed by atoms with Crippen LogP contribution < -0.4 is 5.32 Å². The Morgan fingerprint density at radius 1 is 1.67 bits per heavy atom. The fraction of sp³-hybridized carbons (Fsp3) is 0.556. The lowest BCUT2D eigenvalue weighted by Gasteiger charge is -2.09. The van der Waals surface area contributed by atoms with Gasteiger partial charge in [-0.15, -0.1) is 0 Å². The van der Waals surface area contributed by atoms with Gasteiger partial charge in [0.2, 0.25) is 0 Å². The number of nitrogens with one attached hydrogen (secondary N) is 1. The van der Waals surface area contributed by atoms with Gasteiger partial charge >= 0.3 is 0 Å². The van der Waals surface area contributed by atoms with Gasteiger partial charge in [-0.2, -0.15) is 0 Å². The van der Waals surface area contributed by atoms with Crippen molar-refractivity contribution >= 4 is 0 Å². The molecule has 68 valence electrons. The summed E-state index contributed by atoms with van der Waals surface area (Å²) in [4.78, 5) is 0. The van der Waals surface area contributed by atoms with E-state index in [0.717, 1.165) is 13.1 Å². The summed E-state index contributed by atoms with van der Waals surface area (Å²) in [5.41, 5.74) is 1.17. The molecule has 0 fully saturated rings. The maximum Gasteiger partial charge on any atom is 0.0947 e. The molecule has 0 radical (unpaired) electrons. The van der Waals surface area contributed by atoms with Crippen molar-refractivity contribution in [2.75, 3.05) is 13.7 Å². The highest BCUT2D eigenvalue weighted by atomic mass is 16.5. The summed E-state index contributed by atoms with van der Waals surface area (Å²) in [6, 6.07) is 1.95. The lowest BCUT2D eigenvalue weighted by atomic mass is 10.3. The molecule has 1 atom stereocenters. The smallest absolute Gasteiger partial charge is 0.0947 e. The molecular weight excluding hydrogens is 154 g/mol. The van der Waals surface area contributed by atoms with E-state index in [2.05, 4.69) is 5.32 Å². The average Bonchev–Trinajstić information content (AvgIpc) is 2.57. The molecule has 1 N–H and O–H groups in total. The van der Waals surface area contributed by atoms with E-state index in [0.29, 0.717) is 0 Å². The van der Waals surface area contributed by atoms with Crippen LogP contribution in [0.5, 0.6) is 0 Å². The van der Waals surface area contributed by atoms with Crippen molar-refractivity contribution in [3.05, 3.63) is 24.2 Å². The Labute approximate surface area is 72.7 Å². The van der Waals surface area contributed by atoms with Gasteiger partial charge in [-0.25, -0.2) is 0 Å². The molecule has 1 unspecified atom stereocenters. The number of furan rings is 1. The molecule has 1 rings (SSSR count). The van der Waals surface area contributed by atoms with Crippen molar-refractivity contribution in [1.82, 2.24) is 5.32 Å². The number of hydrogen-bond donors (Lipinski definition) is 1. The fourth-order valence-corrected chi connectivity index (χ4v) is 0.896. The van der Waals surface area contributed by atoms with E-state index in [1.54, 1.807) is 19.6 Å². The second kappa shape index (κ2) is 4.95. The molecule has 0 spiro atoms. The van der Waals surface area contributed by atoms with Crippen LogP contribution in [0.3, 0.4) is 0 Å². The zero-order chi connectivity index (χ0) is 8.81. The zero-order valence-corrected chi connectivity index (χ0v) is 7.54. The summed E-state index contributed by atoms with van der Waals surface area (Å²) in [5, 5.41) is 3.25. The van der Waals surface area contributed by atoms with E-state index >= 15 is 0 Å². The minimum atomic E-state index is 0.261. The van der Waals surface area contributed by atoms with Gasteiger partial charge in [0.25, 0.3) is 0 Å². The van der Waals surface area contributed by atoms with E-state index in [1.807, 2.05) is 13.0 Å². The van der Waals surface area contributed by atoms with Crippen LogP contribution >= 0.6 is 0 Å². The molecule has 12 heavy (non-hydrogen) atoms. The highest BCUT2D eigenvalue weighted by molar-refractivity contribution is 5.04. The molecule has 0 aromatic carbocycles. The quantitative estimate of drug-likeness (QED) is 0.723. The van der Waals surface area contributed by atoms with E-state index in [-0.39, 0.29) is 6.10 Å². The van der Waals surface area contributed by atoms with Crippen LogP contribution in [-0.2, 0) is 11.3 Å². The van der Waals surface area contributed by atoms with Gasteiger partial charge in [0.05, 0.1) is 18.6 Å². The maximum atomic E-state index is 5.08. The van der Waals surface area contributed by atoms with Crippen LogP contribution in [0.2, 0.25) is 0 Å². The summed E-state index contributed by atoms with van der Waals surface area (Å²) in [7, 11) is 1.71. The van der Waals surface area contributed by atoms with Crippen LogP contribution in [0.4, 0.5) is 0 Å². The third kappa shape index (κ3) is 3.07. The maximum absolute atomic E-state index is 5.08. The van der Waals surface area contributed by atoms with Gasteiger partial charge in [0.1, 0.15) is 0 Å². The van der Waals surface area contributed by atoms with Gasteiger partial charge in [-0.1, -0.05) is 0 Å². The summed E-state index contributed by atoms with van der Waals surface area (Å²) >= 11 is 0. The molecule has 1 aromatic heterocycles. The highest BCUT2D eigenvalue weighted by Gasteiger charge is 1.98. The average molecular weight is 169 g/mol. The Kier molecular flexibility index (Phi) is 3.84. The monoisotopic (exact) mass is 169 g/mol. The zero-order valence-electron chi connectivity index (χ0n) is 7.54. The SMILES string of the molecule is COC(C)CNCc1ccoc1. The molecule has 0 saturated heterocycles. The second-order valence-electron chi connectivity index (χ2n) is 2.81. The van der Waals surface area contributed by atoms with Crippen LogP contribution in [0.15, 0.2) is 23.0 Å². The van der Waals surface area contributed by atoms with Crippen molar-refractivity contribution in [2.45, 2.75) is 19.6 Å². The predicted octanol–water partition coefficient (Wildman–Crippen LogP) is 1.40. The largest absolute Gasteiger partial charge is 0.472 e. The summed E-state index contributed by atoms with van der Waals surface area (Å²) in [6.45, 7) is 3.73. The van der Waals surface area contributed by atoms with Crippen LogP contribution in [0.1, 0.15) is 12.5 Å².